The van der Waals surface area contributed by atoms with E-state index in [0.29, 0.717) is 13.0 Å². The van der Waals surface area contributed by atoms with Gasteiger partial charge in [-0.1, -0.05) is 37.1 Å². The Balaban J connectivity index is 1.85. The zero-order valence-corrected chi connectivity index (χ0v) is 13.7. The van der Waals surface area contributed by atoms with Gasteiger partial charge in [-0.15, -0.1) is 0 Å². The highest BCUT2D eigenvalue weighted by Crippen LogP contribution is 2.14. The van der Waals surface area contributed by atoms with Crippen molar-refractivity contribution in [1.29, 1.82) is 0 Å². The molecular formula is C18H29N3O. The molecule has 1 atom stereocenters. The molecule has 1 aliphatic heterocycles. The number of carbonyl (C=O) groups is 1. The molecular weight excluding hydrogens is 274 g/mol. The molecule has 122 valence electrons. The summed E-state index contributed by atoms with van der Waals surface area (Å²) in [5.41, 5.74) is 8.13. The van der Waals surface area contributed by atoms with Crippen LogP contribution in [-0.4, -0.2) is 29.9 Å². The summed E-state index contributed by atoms with van der Waals surface area (Å²) in [4.78, 5) is 14.2. The molecule has 0 radical (unpaired) electrons. The Labute approximate surface area is 134 Å². The van der Waals surface area contributed by atoms with Gasteiger partial charge >= 0.3 is 0 Å². The number of benzene rings is 1. The van der Waals surface area contributed by atoms with Crippen LogP contribution < -0.4 is 11.1 Å². The summed E-state index contributed by atoms with van der Waals surface area (Å²) in [6, 6.07) is 8.45. The number of nitrogens with one attached hydrogen (secondary N) is 1. The van der Waals surface area contributed by atoms with E-state index >= 15 is 0 Å². The molecule has 3 N–H and O–H groups in total. The Hall–Kier alpha value is -1.39. The molecule has 4 nitrogen and oxygen atoms in total. The van der Waals surface area contributed by atoms with E-state index in [2.05, 4.69) is 34.5 Å². The average molecular weight is 303 g/mol. The van der Waals surface area contributed by atoms with Crippen LogP contribution in [0.15, 0.2) is 24.3 Å². The van der Waals surface area contributed by atoms with Gasteiger partial charge in [0.05, 0.1) is 0 Å². The monoisotopic (exact) mass is 303 g/mol. The van der Waals surface area contributed by atoms with Gasteiger partial charge in [-0.25, -0.2) is 0 Å². The summed E-state index contributed by atoms with van der Waals surface area (Å²) >= 11 is 0. The Morgan fingerprint density at radius 2 is 1.91 bits per heavy atom. The number of amides is 1. The van der Waals surface area contributed by atoms with Crippen LogP contribution in [0.5, 0.6) is 0 Å². The molecule has 1 saturated heterocycles. The third-order valence-electron chi connectivity index (χ3n) is 4.09. The Morgan fingerprint density at radius 1 is 1.23 bits per heavy atom. The van der Waals surface area contributed by atoms with E-state index in [1.165, 1.54) is 44.3 Å². The predicted octanol–water partition coefficient (Wildman–Crippen LogP) is 2.42. The zero-order valence-electron chi connectivity index (χ0n) is 13.7. The quantitative estimate of drug-likeness (QED) is 0.848. The number of nitrogens with zero attached hydrogens (tertiary/aromatic N) is 1. The van der Waals surface area contributed by atoms with Crippen molar-refractivity contribution < 1.29 is 4.79 Å². The third kappa shape index (κ3) is 6.16. The number of hydrogen-bond donors (Lipinski definition) is 2. The number of nitrogens with two attached hydrogens (primary N) is 1. The fourth-order valence-corrected chi connectivity index (χ4v) is 2.96. The van der Waals surface area contributed by atoms with Crippen LogP contribution in [0, 0.1) is 0 Å². The molecule has 1 heterocycles. The van der Waals surface area contributed by atoms with E-state index in [9.17, 15) is 4.79 Å². The molecule has 1 aromatic carbocycles. The molecule has 1 fully saturated rings. The summed E-state index contributed by atoms with van der Waals surface area (Å²) in [5, 5.41) is 2.94. The second-order valence-corrected chi connectivity index (χ2v) is 6.47. The molecule has 0 bridgehead atoms. The van der Waals surface area contributed by atoms with E-state index in [1.54, 1.807) is 0 Å². The molecule has 0 aliphatic carbocycles. The van der Waals surface area contributed by atoms with Gasteiger partial charge in [0, 0.05) is 25.6 Å². The van der Waals surface area contributed by atoms with Gasteiger partial charge in [0.15, 0.2) is 0 Å². The van der Waals surface area contributed by atoms with E-state index in [-0.39, 0.29) is 11.9 Å². The Kier molecular flexibility index (Phi) is 6.87. The lowest BCUT2D eigenvalue weighted by Crippen LogP contribution is -2.29. The Morgan fingerprint density at radius 3 is 2.59 bits per heavy atom. The summed E-state index contributed by atoms with van der Waals surface area (Å²) in [6.07, 6.45) is 5.73. The molecule has 0 aromatic heterocycles. The first-order valence-corrected chi connectivity index (χ1v) is 8.46. The predicted molar refractivity (Wildman–Crippen MR) is 90.3 cm³/mol. The fraction of sp³-hybridized carbons (Fsp3) is 0.611. The first-order chi connectivity index (χ1) is 10.6. The van der Waals surface area contributed by atoms with Crippen LogP contribution in [0.4, 0.5) is 0 Å². The minimum atomic E-state index is -0.0885. The van der Waals surface area contributed by atoms with Gasteiger partial charge in [0.1, 0.15) is 0 Å². The van der Waals surface area contributed by atoms with E-state index in [1.807, 2.05) is 6.92 Å². The van der Waals surface area contributed by atoms with E-state index in [0.717, 1.165) is 12.1 Å². The molecule has 1 amide bonds. The molecule has 0 saturated carbocycles. The smallest absolute Gasteiger partial charge is 0.221 e. The summed E-state index contributed by atoms with van der Waals surface area (Å²) < 4.78 is 0. The van der Waals surface area contributed by atoms with Crippen LogP contribution in [0.3, 0.4) is 0 Å². The molecule has 0 spiro atoms. The van der Waals surface area contributed by atoms with Crippen LogP contribution >= 0.6 is 0 Å². The summed E-state index contributed by atoms with van der Waals surface area (Å²) in [5.74, 6) is 0.0212. The average Bonchev–Trinajstić information content (AvgIpc) is 2.73. The van der Waals surface area contributed by atoms with Crippen LogP contribution in [0.1, 0.15) is 50.2 Å². The molecule has 22 heavy (non-hydrogen) atoms. The van der Waals surface area contributed by atoms with Crippen molar-refractivity contribution in [3.63, 3.8) is 0 Å². The second kappa shape index (κ2) is 8.91. The van der Waals surface area contributed by atoms with Crippen LogP contribution in [0.25, 0.3) is 0 Å². The number of hydrogen-bond acceptors (Lipinski definition) is 3. The number of likely N-dealkylation sites (tertiary alicyclic amines) is 1. The lowest BCUT2D eigenvalue weighted by Gasteiger charge is -2.20. The highest BCUT2D eigenvalue weighted by molar-refractivity contribution is 5.76. The number of rotatable bonds is 6. The van der Waals surface area contributed by atoms with Gasteiger partial charge in [0.2, 0.25) is 5.91 Å². The molecule has 1 aromatic rings. The summed E-state index contributed by atoms with van der Waals surface area (Å²) in [6.45, 7) is 5.85. The van der Waals surface area contributed by atoms with Gasteiger partial charge in [-0.3, -0.25) is 9.69 Å². The Bertz CT molecular complexity index is 465. The van der Waals surface area contributed by atoms with Crippen LogP contribution in [0.2, 0.25) is 0 Å². The fourth-order valence-electron chi connectivity index (χ4n) is 2.96. The second-order valence-electron chi connectivity index (χ2n) is 6.47. The third-order valence-corrected chi connectivity index (χ3v) is 4.09. The van der Waals surface area contributed by atoms with Crippen molar-refractivity contribution in [1.82, 2.24) is 10.2 Å². The zero-order chi connectivity index (χ0) is 15.8. The van der Waals surface area contributed by atoms with Gasteiger partial charge < -0.3 is 11.1 Å². The first-order valence-electron chi connectivity index (χ1n) is 8.46. The topological polar surface area (TPSA) is 58.4 Å². The summed E-state index contributed by atoms with van der Waals surface area (Å²) in [7, 11) is 0. The maximum absolute atomic E-state index is 11.7. The molecule has 1 unspecified atom stereocenters. The minimum absolute atomic E-state index is 0.0212. The number of carbonyl (C=O) groups excluding carboxylic acids is 1. The molecule has 1 aliphatic rings. The van der Waals surface area contributed by atoms with E-state index in [4.69, 9.17) is 5.73 Å². The highest BCUT2D eigenvalue weighted by Gasteiger charge is 2.10. The first kappa shape index (κ1) is 17.0. The van der Waals surface area contributed by atoms with Crippen molar-refractivity contribution >= 4 is 5.91 Å². The van der Waals surface area contributed by atoms with Gasteiger partial charge in [0.25, 0.3) is 0 Å². The van der Waals surface area contributed by atoms with Crippen LogP contribution in [-0.2, 0) is 17.9 Å². The lowest BCUT2D eigenvalue weighted by atomic mass is 10.1. The van der Waals surface area contributed by atoms with Crippen molar-refractivity contribution in [3.8, 4) is 0 Å². The minimum Gasteiger partial charge on any atom is -0.352 e. The normalized spacial score (nSPS) is 17.7. The van der Waals surface area contributed by atoms with Crippen molar-refractivity contribution in [2.24, 2.45) is 5.73 Å². The van der Waals surface area contributed by atoms with Gasteiger partial charge in [-0.2, -0.15) is 0 Å². The van der Waals surface area contributed by atoms with Gasteiger partial charge in [-0.05, 0) is 44.0 Å². The molecule has 2 rings (SSSR count). The van der Waals surface area contributed by atoms with Crippen molar-refractivity contribution in [2.75, 3.05) is 13.1 Å². The molecule has 4 heteroatoms. The van der Waals surface area contributed by atoms with Crippen molar-refractivity contribution in [3.05, 3.63) is 35.4 Å². The highest BCUT2D eigenvalue weighted by atomic mass is 16.1. The SMILES string of the molecule is CC(N)CC(=O)NCc1cccc(CN2CCCCCC2)c1. The maximum Gasteiger partial charge on any atom is 0.221 e. The lowest BCUT2D eigenvalue weighted by molar-refractivity contribution is -0.121. The standard InChI is InChI=1S/C18H29N3O/c1-15(19)11-18(22)20-13-16-7-6-8-17(12-16)14-21-9-4-2-3-5-10-21/h6-8,12,15H,2-5,9-11,13-14,19H2,1H3,(H,20,22). The largest absolute Gasteiger partial charge is 0.352 e. The van der Waals surface area contributed by atoms with Crippen molar-refractivity contribution in [2.45, 2.75) is 58.2 Å². The maximum atomic E-state index is 11.7. The van der Waals surface area contributed by atoms with E-state index < -0.39 is 0 Å².